The molecule has 1 aromatic rings. The lowest BCUT2D eigenvalue weighted by atomic mass is 10.0. The van der Waals surface area contributed by atoms with E-state index in [0.717, 1.165) is 12.1 Å². The first kappa shape index (κ1) is 15.5. The van der Waals surface area contributed by atoms with E-state index in [1.54, 1.807) is 11.0 Å². The monoisotopic (exact) mass is 289 g/mol. The average molecular weight is 289 g/mol. The van der Waals surface area contributed by atoms with Crippen molar-refractivity contribution in [2.75, 3.05) is 16.8 Å². The Kier molecular flexibility index (Phi) is 4.96. The maximum Gasteiger partial charge on any atom is 0.241 e. The highest BCUT2D eigenvalue weighted by Gasteiger charge is 2.25. The first-order chi connectivity index (χ1) is 9.99. The average Bonchev–Trinajstić information content (AvgIpc) is 2.84. The van der Waals surface area contributed by atoms with Crippen LogP contribution in [-0.2, 0) is 9.59 Å². The third kappa shape index (κ3) is 3.82. The summed E-state index contributed by atoms with van der Waals surface area (Å²) in [5.41, 5.74) is 7.31. The molecule has 0 saturated carbocycles. The first-order valence-corrected chi connectivity index (χ1v) is 7.45. The van der Waals surface area contributed by atoms with Gasteiger partial charge in [0, 0.05) is 13.0 Å². The molecule has 0 aliphatic carbocycles. The van der Waals surface area contributed by atoms with Crippen molar-refractivity contribution in [2.24, 2.45) is 11.7 Å². The largest absolute Gasteiger partial charge is 0.323 e. The van der Waals surface area contributed by atoms with Crippen LogP contribution >= 0.6 is 0 Å². The molecule has 1 heterocycles. The van der Waals surface area contributed by atoms with Crippen molar-refractivity contribution >= 4 is 23.2 Å². The molecule has 1 atom stereocenters. The van der Waals surface area contributed by atoms with Crippen molar-refractivity contribution in [3.63, 3.8) is 0 Å². The minimum Gasteiger partial charge on any atom is -0.323 e. The predicted molar refractivity (Wildman–Crippen MR) is 84.1 cm³/mol. The Bertz CT molecular complexity index is 528. The zero-order valence-electron chi connectivity index (χ0n) is 12.6. The highest BCUT2D eigenvalue weighted by Crippen LogP contribution is 2.29. The predicted octanol–water partition coefficient (Wildman–Crippen LogP) is 2.13. The third-order valence-corrected chi connectivity index (χ3v) is 3.59. The molecule has 0 aromatic heterocycles. The molecule has 21 heavy (non-hydrogen) atoms. The van der Waals surface area contributed by atoms with Gasteiger partial charge in [0.1, 0.15) is 0 Å². The normalized spacial score (nSPS) is 16.4. The Balaban J connectivity index is 2.13. The number of para-hydroxylation sites is 2. The number of nitrogens with zero attached hydrogens (tertiary/aromatic N) is 1. The van der Waals surface area contributed by atoms with Crippen molar-refractivity contribution in [1.29, 1.82) is 0 Å². The van der Waals surface area contributed by atoms with Crippen LogP contribution in [0.2, 0.25) is 0 Å². The molecule has 1 aliphatic rings. The molecule has 3 N–H and O–H groups in total. The van der Waals surface area contributed by atoms with E-state index in [-0.39, 0.29) is 11.8 Å². The van der Waals surface area contributed by atoms with Crippen LogP contribution in [0.15, 0.2) is 24.3 Å². The number of hydrogen-bond acceptors (Lipinski definition) is 3. The van der Waals surface area contributed by atoms with E-state index in [2.05, 4.69) is 5.32 Å². The fraction of sp³-hybridized carbons (Fsp3) is 0.500. The quantitative estimate of drug-likeness (QED) is 0.872. The molecule has 1 saturated heterocycles. The molecule has 0 radical (unpaired) electrons. The number of anilines is 2. The van der Waals surface area contributed by atoms with Crippen LogP contribution in [-0.4, -0.2) is 24.4 Å². The topological polar surface area (TPSA) is 75.4 Å². The van der Waals surface area contributed by atoms with Gasteiger partial charge in [-0.25, -0.2) is 0 Å². The summed E-state index contributed by atoms with van der Waals surface area (Å²) in [6, 6.07) is 6.83. The number of carbonyl (C=O) groups is 2. The number of hydrogen-bond donors (Lipinski definition) is 2. The molecule has 114 valence electrons. The molecular formula is C16H23N3O2. The standard InChI is InChI=1S/C16H23N3O2/c1-11(2)10-12(17)16(21)18-13-6-3-4-7-14(13)19-9-5-8-15(19)20/h3-4,6-7,11-12H,5,8-10,17H2,1-2H3,(H,18,21)/t12-/m0/s1. The van der Waals surface area contributed by atoms with Gasteiger partial charge in [-0.05, 0) is 30.9 Å². The molecule has 1 aliphatic heterocycles. The summed E-state index contributed by atoms with van der Waals surface area (Å²) in [6.07, 6.45) is 2.06. The summed E-state index contributed by atoms with van der Waals surface area (Å²) in [7, 11) is 0. The number of rotatable bonds is 5. The molecule has 5 heteroatoms. The highest BCUT2D eigenvalue weighted by molar-refractivity contribution is 6.03. The van der Waals surface area contributed by atoms with Crippen LogP contribution in [0.25, 0.3) is 0 Å². The lowest BCUT2D eigenvalue weighted by Crippen LogP contribution is -2.37. The number of carbonyl (C=O) groups excluding carboxylic acids is 2. The van der Waals surface area contributed by atoms with Gasteiger partial charge < -0.3 is 16.0 Å². The second kappa shape index (κ2) is 6.72. The van der Waals surface area contributed by atoms with Gasteiger partial charge in [0.15, 0.2) is 0 Å². The molecular weight excluding hydrogens is 266 g/mol. The highest BCUT2D eigenvalue weighted by atomic mass is 16.2. The minimum atomic E-state index is -0.535. The van der Waals surface area contributed by atoms with E-state index in [0.29, 0.717) is 31.0 Å². The fourth-order valence-corrected chi connectivity index (χ4v) is 2.56. The number of nitrogens with two attached hydrogens (primary N) is 1. The van der Waals surface area contributed by atoms with Crippen molar-refractivity contribution in [1.82, 2.24) is 0 Å². The summed E-state index contributed by atoms with van der Waals surface area (Å²) in [5, 5.41) is 2.86. The van der Waals surface area contributed by atoms with Crippen LogP contribution < -0.4 is 16.0 Å². The Labute approximate surface area is 125 Å². The molecule has 1 aromatic carbocycles. The maximum absolute atomic E-state index is 12.2. The van der Waals surface area contributed by atoms with E-state index in [1.807, 2.05) is 32.0 Å². The van der Waals surface area contributed by atoms with Crippen LogP contribution in [0.1, 0.15) is 33.1 Å². The molecule has 5 nitrogen and oxygen atoms in total. The van der Waals surface area contributed by atoms with Gasteiger partial charge in [-0.1, -0.05) is 26.0 Å². The summed E-state index contributed by atoms with van der Waals surface area (Å²) in [5.74, 6) is 0.257. The van der Waals surface area contributed by atoms with E-state index >= 15 is 0 Å². The van der Waals surface area contributed by atoms with Crippen LogP contribution in [0, 0.1) is 5.92 Å². The smallest absolute Gasteiger partial charge is 0.241 e. The second-order valence-corrected chi connectivity index (χ2v) is 5.89. The molecule has 0 spiro atoms. The summed E-state index contributed by atoms with van der Waals surface area (Å²) in [6.45, 7) is 4.76. The minimum absolute atomic E-state index is 0.100. The number of amides is 2. The molecule has 1 fully saturated rings. The summed E-state index contributed by atoms with van der Waals surface area (Å²) in [4.78, 5) is 25.8. The van der Waals surface area contributed by atoms with E-state index in [4.69, 9.17) is 5.73 Å². The number of nitrogens with one attached hydrogen (secondary N) is 1. The second-order valence-electron chi connectivity index (χ2n) is 5.89. The van der Waals surface area contributed by atoms with Gasteiger partial charge in [0.2, 0.25) is 11.8 Å². The van der Waals surface area contributed by atoms with Gasteiger partial charge in [-0.15, -0.1) is 0 Å². The van der Waals surface area contributed by atoms with Crippen molar-refractivity contribution < 1.29 is 9.59 Å². The molecule has 2 amide bonds. The van der Waals surface area contributed by atoms with Crippen molar-refractivity contribution in [3.05, 3.63) is 24.3 Å². The van der Waals surface area contributed by atoms with Gasteiger partial charge in [-0.2, -0.15) is 0 Å². The Morgan fingerprint density at radius 2 is 2.10 bits per heavy atom. The van der Waals surface area contributed by atoms with Crippen LogP contribution in [0.5, 0.6) is 0 Å². The number of benzene rings is 1. The van der Waals surface area contributed by atoms with Crippen molar-refractivity contribution in [2.45, 2.75) is 39.2 Å². The molecule has 0 unspecified atom stereocenters. The zero-order chi connectivity index (χ0) is 15.4. The zero-order valence-corrected chi connectivity index (χ0v) is 12.6. The lowest BCUT2D eigenvalue weighted by Gasteiger charge is -2.21. The summed E-state index contributed by atoms with van der Waals surface area (Å²) >= 11 is 0. The Morgan fingerprint density at radius 1 is 1.38 bits per heavy atom. The summed E-state index contributed by atoms with van der Waals surface area (Å²) < 4.78 is 0. The lowest BCUT2D eigenvalue weighted by molar-refractivity contribution is -0.118. The third-order valence-electron chi connectivity index (χ3n) is 3.59. The Morgan fingerprint density at radius 3 is 2.71 bits per heavy atom. The maximum atomic E-state index is 12.2. The van der Waals surface area contributed by atoms with Gasteiger partial charge in [0.25, 0.3) is 0 Å². The van der Waals surface area contributed by atoms with E-state index in [1.165, 1.54) is 0 Å². The fourth-order valence-electron chi connectivity index (χ4n) is 2.56. The van der Waals surface area contributed by atoms with Gasteiger partial charge in [-0.3, -0.25) is 9.59 Å². The molecule has 2 rings (SSSR count). The van der Waals surface area contributed by atoms with E-state index in [9.17, 15) is 9.59 Å². The van der Waals surface area contributed by atoms with Crippen molar-refractivity contribution in [3.8, 4) is 0 Å². The molecule has 0 bridgehead atoms. The first-order valence-electron chi connectivity index (χ1n) is 7.45. The van der Waals surface area contributed by atoms with Crippen LogP contribution in [0.3, 0.4) is 0 Å². The van der Waals surface area contributed by atoms with E-state index < -0.39 is 6.04 Å². The van der Waals surface area contributed by atoms with Gasteiger partial charge in [0.05, 0.1) is 17.4 Å². The Hall–Kier alpha value is -1.88. The van der Waals surface area contributed by atoms with Gasteiger partial charge >= 0.3 is 0 Å². The SMILES string of the molecule is CC(C)C[C@H](N)C(=O)Nc1ccccc1N1CCCC1=O. The van der Waals surface area contributed by atoms with Crippen LogP contribution in [0.4, 0.5) is 11.4 Å².